The molecular formula is C6H4Cl2F6. The van der Waals surface area contributed by atoms with Crippen LogP contribution in [0.4, 0.5) is 26.3 Å². The fraction of sp³-hybridized carbons (Fsp3) is 0.667. The fourth-order valence-corrected chi connectivity index (χ4v) is 1.05. The average Bonchev–Trinajstić information content (AvgIpc) is 1.79. The van der Waals surface area contributed by atoms with Gasteiger partial charge in [0.2, 0.25) is 0 Å². The van der Waals surface area contributed by atoms with Gasteiger partial charge in [0.1, 0.15) is 5.03 Å². The Kier molecular flexibility index (Phi) is 4.58. The lowest BCUT2D eigenvalue weighted by atomic mass is 10.2. The lowest BCUT2D eigenvalue weighted by Gasteiger charge is -2.10. The Balaban J connectivity index is 4.38. The van der Waals surface area contributed by atoms with Crippen molar-refractivity contribution in [1.29, 1.82) is 0 Å². The van der Waals surface area contributed by atoms with E-state index in [0.717, 1.165) is 0 Å². The molecule has 84 valence electrons. The molecule has 0 rings (SSSR count). The predicted molar refractivity (Wildman–Crippen MR) is 40.3 cm³/mol. The summed E-state index contributed by atoms with van der Waals surface area (Å²) >= 11 is 9.65. The van der Waals surface area contributed by atoms with E-state index < -0.39 is 29.2 Å². The van der Waals surface area contributed by atoms with Crippen LogP contribution in [0.3, 0.4) is 0 Å². The molecule has 1 atom stereocenters. The summed E-state index contributed by atoms with van der Waals surface area (Å²) in [5, 5.41) is -3.47. The second-order valence-electron chi connectivity index (χ2n) is 2.35. The van der Waals surface area contributed by atoms with Crippen molar-refractivity contribution in [2.75, 3.05) is 0 Å². The standard InChI is InChI=1S/C6H4Cl2F6/c7-3(2-5(9,10)11)1-4(8)6(12,13)14/h1,3H,2H2/b4-1+/t3-/m0/s1. The van der Waals surface area contributed by atoms with Crippen molar-refractivity contribution in [1.82, 2.24) is 0 Å². The molecule has 0 aliphatic heterocycles. The van der Waals surface area contributed by atoms with Crippen LogP contribution in [0.25, 0.3) is 0 Å². The normalized spacial score (nSPS) is 17.0. The lowest BCUT2D eigenvalue weighted by molar-refractivity contribution is -0.133. The molecule has 0 saturated carbocycles. The maximum absolute atomic E-state index is 11.7. The van der Waals surface area contributed by atoms with Gasteiger partial charge in [0.05, 0.1) is 11.8 Å². The van der Waals surface area contributed by atoms with E-state index >= 15 is 0 Å². The van der Waals surface area contributed by atoms with Gasteiger partial charge in [-0.05, 0) is 6.08 Å². The van der Waals surface area contributed by atoms with E-state index in [4.69, 9.17) is 11.6 Å². The summed E-state index contributed by atoms with van der Waals surface area (Å²) in [7, 11) is 0. The first kappa shape index (κ1) is 13.9. The van der Waals surface area contributed by atoms with Crippen LogP contribution in [0.1, 0.15) is 6.42 Å². The Hall–Kier alpha value is -0.100. The Morgan fingerprint density at radius 2 is 1.57 bits per heavy atom. The minimum atomic E-state index is -4.86. The average molecular weight is 261 g/mol. The van der Waals surface area contributed by atoms with Gasteiger partial charge in [0, 0.05) is 0 Å². The zero-order valence-electron chi connectivity index (χ0n) is 6.39. The summed E-state index contributed by atoms with van der Waals surface area (Å²) in [6.07, 6.45) is -10.9. The number of rotatable bonds is 2. The molecule has 0 bridgehead atoms. The zero-order valence-corrected chi connectivity index (χ0v) is 7.90. The van der Waals surface area contributed by atoms with Gasteiger partial charge in [-0.25, -0.2) is 0 Å². The van der Waals surface area contributed by atoms with E-state index in [1.807, 2.05) is 0 Å². The van der Waals surface area contributed by atoms with E-state index in [-0.39, 0.29) is 6.08 Å². The summed E-state index contributed by atoms with van der Waals surface area (Å²) in [5.41, 5.74) is 0. The highest BCUT2D eigenvalue weighted by molar-refractivity contribution is 6.31. The van der Waals surface area contributed by atoms with Crippen LogP contribution in [-0.4, -0.2) is 17.7 Å². The summed E-state index contributed by atoms with van der Waals surface area (Å²) in [5.74, 6) is 0. The van der Waals surface area contributed by atoms with E-state index in [2.05, 4.69) is 11.6 Å². The Morgan fingerprint density at radius 3 is 1.86 bits per heavy atom. The summed E-state index contributed by atoms with van der Waals surface area (Å²) in [6, 6.07) is 0. The third-order valence-electron chi connectivity index (χ3n) is 1.02. The molecule has 8 heteroatoms. The van der Waals surface area contributed by atoms with E-state index in [1.54, 1.807) is 0 Å². The zero-order chi connectivity index (χ0) is 11.6. The van der Waals surface area contributed by atoms with Crippen LogP contribution >= 0.6 is 23.2 Å². The SMILES string of the molecule is FC(F)(F)C[C@@H](Cl)/C=C(/Cl)C(F)(F)F. The Bertz CT molecular complexity index is 215. The van der Waals surface area contributed by atoms with E-state index in [1.165, 1.54) is 0 Å². The maximum Gasteiger partial charge on any atom is 0.426 e. The van der Waals surface area contributed by atoms with Crippen LogP contribution in [0.5, 0.6) is 0 Å². The highest BCUT2D eigenvalue weighted by Gasteiger charge is 2.35. The van der Waals surface area contributed by atoms with Crippen molar-refractivity contribution in [2.24, 2.45) is 0 Å². The summed E-state index contributed by atoms with van der Waals surface area (Å²) in [6.45, 7) is 0. The number of alkyl halides is 7. The first-order chi connectivity index (χ1) is 6.02. The second-order valence-corrected chi connectivity index (χ2v) is 3.32. The largest absolute Gasteiger partial charge is 0.426 e. The molecule has 0 amide bonds. The molecule has 0 radical (unpaired) electrons. The summed E-state index contributed by atoms with van der Waals surface area (Å²) in [4.78, 5) is 0. The Labute approximate surface area is 85.5 Å². The highest BCUT2D eigenvalue weighted by Crippen LogP contribution is 2.32. The highest BCUT2D eigenvalue weighted by atomic mass is 35.5. The molecule has 0 fully saturated rings. The van der Waals surface area contributed by atoms with Gasteiger partial charge in [-0.1, -0.05) is 11.6 Å². The molecule has 14 heavy (non-hydrogen) atoms. The monoisotopic (exact) mass is 260 g/mol. The smallest absolute Gasteiger partial charge is 0.171 e. The van der Waals surface area contributed by atoms with Crippen LogP contribution < -0.4 is 0 Å². The third-order valence-corrected chi connectivity index (χ3v) is 1.65. The van der Waals surface area contributed by atoms with Crippen molar-refractivity contribution < 1.29 is 26.3 Å². The molecule has 0 aromatic rings. The molecule has 0 heterocycles. The minimum Gasteiger partial charge on any atom is -0.171 e. The van der Waals surface area contributed by atoms with Crippen LogP contribution in [0.15, 0.2) is 11.1 Å². The van der Waals surface area contributed by atoms with Gasteiger partial charge in [-0.3, -0.25) is 0 Å². The molecule has 0 aliphatic carbocycles. The predicted octanol–water partition coefficient (Wildman–Crippen LogP) is 4.23. The van der Waals surface area contributed by atoms with Crippen LogP contribution in [-0.2, 0) is 0 Å². The van der Waals surface area contributed by atoms with Gasteiger partial charge in [0.25, 0.3) is 0 Å². The quantitative estimate of drug-likeness (QED) is 0.515. The van der Waals surface area contributed by atoms with Crippen molar-refractivity contribution in [2.45, 2.75) is 24.2 Å². The topological polar surface area (TPSA) is 0 Å². The van der Waals surface area contributed by atoms with Crippen molar-refractivity contribution >= 4 is 23.2 Å². The number of allylic oxidation sites excluding steroid dienone is 2. The van der Waals surface area contributed by atoms with Crippen molar-refractivity contribution in [3.63, 3.8) is 0 Å². The van der Waals surface area contributed by atoms with Gasteiger partial charge in [-0.2, -0.15) is 26.3 Å². The van der Waals surface area contributed by atoms with Gasteiger partial charge in [0.15, 0.2) is 0 Å². The number of hydrogen-bond acceptors (Lipinski definition) is 0. The third kappa shape index (κ3) is 6.37. The van der Waals surface area contributed by atoms with E-state index in [0.29, 0.717) is 0 Å². The van der Waals surface area contributed by atoms with Gasteiger partial charge in [-0.15, -0.1) is 11.6 Å². The number of hydrogen-bond donors (Lipinski definition) is 0. The van der Waals surface area contributed by atoms with Crippen LogP contribution in [0, 0.1) is 0 Å². The molecule has 0 aromatic carbocycles. The molecule has 0 aliphatic rings. The molecular weight excluding hydrogens is 257 g/mol. The first-order valence-electron chi connectivity index (χ1n) is 3.17. The first-order valence-corrected chi connectivity index (χ1v) is 3.99. The second kappa shape index (κ2) is 4.61. The van der Waals surface area contributed by atoms with E-state index in [9.17, 15) is 26.3 Å². The van der Waals surface area contributed by atoms with Crippen LogP contribution in [0.2, 0.25) is 0 Å². The Morgan fingerprint density at radius 1 is 1.14 bits per heavy atom. The van der Waals surface area contributed by atoms with Gasteiger partial charge >= 0.3 is 12.4 Å². The molecule has 0 unspecified atom stereocenters. The molecule has 0 nitrogen and oxygen atoms in total. The lowest BCUT2D eigenvalue weighted by Crippen LogP contribution is -2.16. The fourth-order valence-electron chi connectivity index (χ4n) is 0.533. The molecule has 0 spiro atoms. The summed E-state index contributed by atoms with van der Waals surface area (Å²) < 4.78 is 70.0. The number of halogens is 8. The molecule has 0 N–H and O–H groups in total. The van der Waals surface area contributed by atoms with Crippen molar-refractivity contribution in [3.05, 3.63) is 11.1 Å². The molecule has 0 saturated heterocycles. The minimum absolute atomic E-state index is 0.122. The maximum atomic E-state index is 11.7. The van der Waals surface area contributed by atoms with Crippen molar-refractivity contribution in [3.8, 4) is 0 Å². The molecule has 0 aromatic heterocycles. The van der Waals surface area contributed by atoms with Gasteiger partial charge < -0.3 is 0 Å².